The van der Waals surface area contributed by atoms with Gasteiger partial charge < -0.3 is 0 Å². The molecular weight excluding hydrogens is 148 g/mol. The second kappa shape index (κ2) is 1.97. The van der Waals surface area contributed by atoms with Crippen LogP contribution < -0.4 is 0 Å². The maximum absolute atomic E-state index is 11.0. The molecule has 0 N–H and O–H groups in total. The van der Waals surface area contributed by atoms with Crippen LogP contribution >= 0.6 is 11.6 Å². The molecule has 0 radical (unpaired) electrons. The SMILES string of the molecule is CC(=O)C1C2CCC1C2Cl. The van der Waals surface area contributed by atoms with Gasteiger partial charge in [0.05, 0.1) is 0 Å². The van der Waals surface area contributed by atoms with E-state index in [1.165, 1.54) is 12.8 Å². The van der Waals surface area contributed by atoms with Crippen LogP contribution in [0.15, 0.2) is 0 Å². The summed E-state index contributed by atoms with van der Waals surface area (Å²) >= 11 is 6.00. The summed E-state index contributed by atoms with van der Waals surface area (Å²) in [7, 11) is 0. The van der Waals surface area contributed by atoms with E-state index in [1.807, 2.05) is 0 Å². The number of carbonyl (C=O) groups excluding carboxylic acids is 1. The molecule has 3 aliphatic rings. The third kappa shape index (κ3) is 0.619. The van der Waals surface area contributed by atoms with Crippen molar-refractivity contribution in [1.82, 2.24) is 0 Å². The standard InChI is InChI=1S/C8H11ClO/c1-4(10)7-5-2-3-6(7)8(5)9/h5-8H,2-3H2,1H3. The van der Waals surface area contributed by atoms with E-state index in [4.69, 9.17) is 11.6 Å². The van der Waals surface area contributed by atoms with E-state index in [0.29, 0.717) is 28.9 Å². The molecule has 3 saturated carbocycles. The summed E-state index contributed by atoms with van der Waals surface area (Å²) in [4.78, 5) is 11.0. The summed E-state index contributed by atoms with van der Waals surface area (Å²) in [5, 5.41) is 0.328. The summed E-state index contributed by atoms with van der Waals surface area (Å²) in [5.41, 5.74) is 0. The third-order valence-corrected chi connectivity index (χ3v) is 3.69. The number of hydrogen-bond donors (Lipinski definition) is 0. The lowest BCUT2D eigenvalue weighted by Gasteiger charge is -2.39. The summed E-state index contributed by atoms with van der Waals surface area (Å²) in [6, 6.07) is 0. The average Bonchev–Trinajstić information content (AvgIpc) is 2.40. The lowest BCUT2D eigenvalue weighted by atomic mass is 9.70. The minimum absolute atomic E-state index is 0.328. The molecule has 3 aliphatic carbocycles. The monoisotopic (exact) mass is 158 g/mol. The highest BCUT2D eigenvalue weighted by Crippen LogP contribution is 2.56. The number of alkyl halides is 1. The van der Waals surface area contributed by atoms with Crippen LogP contribution in [0.1, 0.15) is 19.8 Å². The van der Waals surface area contributed by atoms with Crippen LogP contribution in [0, 0.1) is 17.8 Å². The van der Waals surface area contributed by atoms with Crippen LogP contribution in [0.3, 0.4) is 0 Å². The van der Waals surface area contributed by atoms with Gasteiger partial charge >= 0.3 is 0 Å². The van der Waals surface area contributed by atoms with Crippen LogP contribution in [0.2, 0.25) is 0 Å². The molecule has 0 amide bonds. The van der Waals surface area contributed by atoms with E-state index in [9.17, 15) is 4.79 Å². The molecule has 2 atom stereocenters. The Morgan fingerprint density at radius 2 is 1.90 bits per heavy atom. The molecule has 2 bridgehead atoms. The molecule has 1 nitrogen and oxygen atoms in total. The van der Waals surface area contributed by atoms with E-state index >= 15 is 0 Å². The normalized spacial score (nSPS) is 50.6. The van der Waals surface area contributed by atoms with Crippen molar-refractivity contribution >= 4 is 17.4 Å². The van der Waals surface area contributed by atoms with Crippen molar-refractivity contribution < 1.29 is 4.79 Å². The fourth-order valence-electron chi connectivity index (χ4n) is 2.55. The largest absolute Gasteiger partial charge is 0.300 e. The summed E-state index contributed by atoms with van der Waals surface area (Å²) in [6.45, 7) is 1.69. The van der Waals surface area contributed by atoms with Gasteiger partial charge in [-0.2, -0.15) is 0 Å². The van der Waals surface area contributed by atoms with Gasteiger partial charge in [-0.1, -0.05) is 0 Å². The quantitative estimate of drug-likeness (QED) is 0.533. The number of ketones is 1. The van der Waals surface area contributed by atoms with Crippen molar-refractivity contribution in [3.05, 3.63) is 0 Å². The Hall–Kier alpha value is -0.0400. The Kier molecular flexibility index (Phi) is 1.31. The van der Waals surface area contributed by atoms with E-state index in [2.05, 4.69) is 0 Å². The van der Waals surface area contributed by atoms with Crippen LogP contribution in [0.5, 0.6) is 0 Å². The van der Waals surface area contributed by atoms with E-state index in [0.717, 1.165) is 0 Å². The second-order valence-corrected chi connectivity index (χ2v) is 3.99. The molecule has 0 aliphatic heterocycles. The number of rotatable bonds is 1. The summed E-state index contributed by atoms with van der Waals surface area (Å²) in [5.74, 6) is 1.75. The number of carbonyl (C=O) groups is 1. The predicted molar refractivity (Wildman–Crippen MR) is 40.0 cm³/mol. The molecule has 2 heteroatoms. The Balaban J connectivity index is 2.13. The number of Topliss-reactive ketones (excluding diaryl/α,β-unsaturated/α-hetero) is 1. The molecule has 0 heterocycles. The lowest BCUT2D eigenvalue weighted by Crippen LogP contribution is -2.44. The van der Waals surface area contributed by atoms with Crippen LogP contribution in [-0.2, 0) is 4.79 Å². The Morgan fingerprint density at radius 1 is 1.40 bits per heavy atom. The predicted octanol–water partition coefficient (Wildman–Crippen LogP) is 1.84. The van der Waals surface area contributed by atoms with E-state index < -0.39 is 0 Å². The topological polar surface area (TPSA) is 17.1 Å². The molecule has 56 valence electrons. The van der Waals surface area contributed by atoms with Crippen LogP contribution in [-0.4, -0.2) is 11.2 Å². The molecule has 0 aromatic rings. The first-order chi connectivity index (χ1) is 4.72. The molecule has 0 saturated heterocycles. The van der Waals surface area contributed by atoms with Crippen molar-refractivity contribution in [2.45, 2.75) is 25.1 Å². The van der Waals surface area contributed by atoms with Crippen LogP contribution in [0.4, 0.5) is 0 Å². The van der Waals surface area contributed by atoms with Gasteiger partial charge in [-0.15, -0.1) is 11.6 Å². The first-order valence-corrected chi connectivity index (χ1v) is 4.30. The van der Waals surface area contributed by atoms with Gasteiger partial charge in [0.15, 0.2) is 0 Å². The molecule has 0 aromatic carbocycles. The van der Waals surface area contributed by atoms with Gasteiger partial charge in [0.2, 0.25) is 0 Å². The molecule has 3 fully saturated rings. The number of fused-ring (bicyclic) bond motifs is 1. The van der Waals surface area contributed by atoms with Gasteiger partial charge in [0.1, 0.15) is 5.78 Å². The van der Waals surface area contributed by atoms with Gasteiger partial charge in [0, 0.05) is 11.3 Å². The van der Waals surface area contributed by atoms with Crippen molar-refractivity contribution in [3.8, 4) is 0 Å². The van der Waals surface area contributed by atoms with Crippen molar-refractivity contribution in [1.29, 1.82) is 0 Å². The zero-order chi connectivity index (χ0) is 7.30. The third-order valence-electron chi connectivity index (χ3n) is 3.04. The first kappa shape index (κ1) is 6.66. The number of halogens is 1. The summed E-state index contributed by atoms with van der Waals surface area (Å²) in [6.07, 6.45) is 2.37. The highest BCUT2D eigenvalue weighted by molar-refractivity contribution is 6.22. The molecule has 3 rings (SSSR count). The molecule has 2 unspecified atom stereocenters. The van der Waals surface area contributed by atoms with Gasteiger partial charge in [-0.25, -0.2) is 0 Å². The number of hydrogen-bond acceptors (Lipinski definition) is 1. The molecule has 10 heavy (non-hydrogen) atoms. The Morgan fingerprint density at radius 3 is 2.10 bits per heavy atom. The fourth-order valence-corrected chi connectivity index (χ4v) is 3.12. The molecular formula is C8H11ClO. The Labute approximate surface area is 65.7 Å². The lowest BCUT2D eigenvalue weighted by molar-refractivity contribution is -0.126. The van der Waals surface area contributed by atoms with Gasteiger partial charge in [-0.05, 0) is 31.6 Å². The van der Waals surface area contributed by atoms with Crippen LogP contribution in [0.25, 0.3) is 0 Å². The minimum atomic E-state index is 0.328. The van der Waals surface area contributed by atoms with Gasteiger partial charge in [0.25, 0.3) is 0 Å². The van der Waals surface area contributed by atoms with E-state index in [1.54, 1.807) is 6.92 Å². The maximum atomic E-state index is 11.0. The zero-order valence-electron chi connectivity index (χ0n) is 6.01. The zero-order valence-corrected chi connectivity index (χ0v) is 6.77. The average molecular weight is 159 g/mol. The smallest absolute Gasteiger partial charge is 0.133 e. The van der Waals surface area contributed by atoms with Crippen molar-refractivity contribution in [2.24, 2.45) is 17.8 Å². The fraction of sp³-hybridized carbons (Fsp3) is 0.875. The molecule has 0 spiro atoms. The maximum Gasteiger partial charge on any atom is 0.133 e. The first-order valence-electron chi connectivity index (χ1n) is 3.86. The van der Waals surface area contributed by atoms with E-state index in [-0.39, 0.29) is 0 Å². The van der Waals surface area contributed by atoms with Crippen molar-refractivity contribution in [3.63, 3.8) is 0 Å². The second-order valence-electron chi connectivity index (χ2n) is 3.49. The van der Waals surface area contributed by atoms with Crippen molar-refractivity contribution in [2.75, 3.05) is 0 Å². The molecule has 0 aromatic heterocycles. The highest BCUT2D eigenvalue weighted by atomic mass is 35.5. The van der Waals surface area contributed by atoms with Gasteiger partial charge in [-0.3, -0.25) is 4.79 Å². The Bertz CT molecular complexity index is 166. The summed E-state index contributed by atoms with van der Waals surface area (Å²) < 4.78 is 0. The highest BCUT2D eigenvalue weighted by Gasteiger charge is 2.56. The minimum Gasteiger partial charge on any atom is -0.300 e.